The van der Waals surface area contributed by atoms with Crippen molar-refractivity contribution in [3.63, 3.8) is 0 Å². The van der Waals surface area contributed by atoms with Crippen LogP contribution >= 0.6 is 0 Å². The van der Waals surface area contributed by atoms with Crippen LogP contribution in [0.1, 0.15) is 16.7 Å². The van der Waals surface area contributed by atoms with Crippen molar-refractivity contribution in [1.82, 2.24) is 14.3 Å². The SMILES string of the molecule is Cc1cc(C)c(S(=O)(=O)NC(Cn2cnc3ccccc32)C(F)(F)F)c(C)c1. The lowest BCUT2D eigenvalue weighted by Gasteiger charge is -2.23. The highest BCUT2D eigenvalue weighted by atomic mass is 32.2. The summed E-state index contributed by atoms with van der Waals surface area (Å²) in [7, 11) is -4.38. The third-order valence-electron chi connectivity index (χ3n) is 4.47. The Labute approximate surface area is 161 Å². The molecular formula is C19H20F3N3O2S. The maximum Gasteiger partial charge on any atom is 0.406 e. The van der Waals surface area contributed by atoms with Crippen molar-refractivity contribution in [3.05, 3.63) is 59.4 Å². The van der Waals surface area contributed by atoms with Gasteiger partial charge in [0.1, 0.15) is 6.04 Å². The zero-order valence-electron chi connectivity index (χ0n) is 15.6. The van der Waals surface area contributed by atoms with Gasteiger partial charge >= 0.3 is 6.18 Å². The minimum Gasteiger partial charge on any atom is -0.329 e. The summed E-state index contributed by atoms with van der Waals surface area (Å²) in [6, 6.07) is 7.70. The van der Waals surface area contributed by atoms with Crippen molar-refractivity contribution in [2.75, 3.05) is 0 Å². The van der Waals surface area contributed by atoms with Crippen molar-refractivity contribution in [2.45, 2.75) is 44.4 Å². The molecular weight excluding hydrogens is 391 g/mol. The van der Waals surface area contributed by atoms with Crippen molar-refractivity contribution >= 4 is 21.1 Å². The van der Waals surface area contributed by atoms with Crippen LogP contribution in [-0.2, 0) is 16.6 Å². The zero-order valence-corrected chi connectivity index (χ0v) is 16.4. The number of aryl methyl sites for hydroxylation is 3. The fourth-order valence-electron chi connectivity index (χ4n) is 3.40. The molecule has 0 radical (unpaired) electrons. The molecule has 0 aliphatic carbocycles. The van der Waals surface area contributed by atoms with Gasteiger partial charge < -0.3 is 4.57 Å². The van der Waals surface area contributed by atoms with E-state index < -0.39 is 28.8 Å². The van der Waals surface area contributed by atoms with E-state index in [1.165, 1.54) is 10.9 Å². The van der Waals surface area contributed by atoms with Crippen LogP contribution in [0.3, 0.4) is 0 Å². The molecule has 0 amide bonds. The minimum absolute atomic E-state index is 0.122. The second-order valence-corrected chi connectivity index (χ2v) is 8.48. The summed E-state index contributed by atoms with van der Waals surface area (Å²) >= 11 is 0. The molecule has 5 nitrogen and oxygen atoms in total. The average molecular weight is 411 g/mol. The third kappa shape index (κ3) is 4.05. The van der Waals surface area contributed by atoms with Gasteiger partial charge in [0, 0.05) is 6.54 Å². The normalized spacial score (nSPS) is 13.8. The Balaban J connectivity index is 1.98. The number of nitrogens with one attached hydrogen (secondary N) is 1. The Morgan fingerprint density at radius 1 is 1.11 bits per heavy atom. The number of hydrogen-bond donors (Lipinski definition) is 1. The topological polar surface area (TPSA) is 64.0 Å². The van der Waals surface area contributed by atoms with Gasteiger partial charge in [-0.15, -0.1) is 0 Å². The van der Waals surface area contributed by atoms with E-state index in [0.29, 0.717) is 22.2 Å². The number of imidazole rings is 1. The first-order valence-electron chi connectivity index (χ1n) is 8.56. The van der Waals surface area contributed by atoms with E-state index in [1.807, 2.05) is 4.72 Å². The van der Waals surface area contributed by atoms with Crippen molar-refractivity contribution in [2.24, 2.45) is 0 Å². The van der Waals surface area contributed by atoms with Gasteiger partial charge in [-0.25, -0.2) is 13.4 Å². The summed E-state index contributed by atoms with van der Waals surface area (Å²) < 4.78 is 69.7. The molecule has 0 saturated heterocycles. The number of nitrogens with zero attached hydrogens (tertiary/aromatic N) is 2. The number of aromatic nitrogens is 2. The van der Waals surface area contributed by atoms with E-state index >= 15 is 0 Å². The summed E-state index contributed by atoms with van der Waals surface area (Å²) in [6.45, 7) is 4.32. The molecule has 0 spiro atoms. The van der Waals surface area contributed by atoms with Crippen LogP contribution in [0.15, 0.2) is 47.6 Å². The highest BCUT2D eigenvalue weighted by Crippen LogP contribution is 2.27. The first kappa shape index (κ1) is 20.3. The number of alkyl halides is 3. The highest BCUT2D eigenvalue weighted by Gasteiger charge is 2.43. The van der Waals surface area contributed by atoms with Gasteiger partial charge in [-0.1, -0.05) is 29.8 Å². The number of benzene rings is 2. The fraction of sp³-hybridized carbons (Fsp3) is 0.316. The van der Waals surface area contributed by atoms with Crippen molar-refractivity contribution < 1.29 is 21.6 Å². The summed E-state index contributed by atoms with van der Waals surface area (Å²) in [6.07, 6.45) is -3.50. The Morgan fingerprint density at radius 2 is 1.71 bits per heavy atom. The Bertz CT molecular complexity index is 1100. The molecule has 1 atom stereocenters. The molecule has 3 rings (SSSR count). The van der Waals surface area contributed by atoms with Crippen LogP contribution in [0.4, 0.5) is 13.2 Å². The van der Waals surface area contributed by atoms with Crippen LogP contribution < -0.4 is 4.72 Å². The molecule has 9 heteroatoms. The Morgan fingerprint density at radius 3 is 2.32 bits per heavy atom. The van der Waals surface area contributed by atoms with Gasteiger partial charge in [0.2, 0.25) is 10.0 Å². The predicted molar refractivity (Wildman–Crippen MR) is 101 cm³/mol. The summed E-state index contributed by atoms with van der Waals surface area (Å²) in [4.78, 5) is 3.94. The molecule has 0 bridgehead atoms. The van der Waals surface area contributed by atoms with E-state index in [1.54, 1.807) is 57.2 Å². The largest absolute Gasteiger partial charge is 0.406 e. The number of halogens is 3. The molecule has 150 valence electrons. The Kier molecular flexibility index (Phi) is 5.24. The van der Waals surface area contributed by atoms with Gasteiger partial charge in [-0.05, 0) is 44.0 Å². The fourth-order valence-corrected chi connectivity index (χ4v) is 5.06. The molecule has 0 fully saturated rings. The van der Waals surface area contributed by atoms with Gasteiger partial charge in [0.25, 0.3) is 0 Å². The monoisotopic (exact) mass is 411 g/mol. The number of para-hydroxylation sites is 2. The van der Waals surface area contributed by atoms with E-state index in [4.69, 9.17) is 0 Å². The lowest BCUT2D eigenvalue weighted by Crippen LogP contribution is -2.48. The summed E-state index contributed by atoms with van der Waals surface area (Å²) in [5.74, 6) is 0. The van der Waals surface area contributed by atoms with Crippen LogP contribution in [0.25, 0.3) is 11.0 Å². The summed E-state index contributed by atoms with van der Waals surface area (Å²) in [5.41, 5.74) is 2.68. The minimum atomic E-state index is -4.77. The van der Waals surface area contributed by atoms with Crippen LogP contribution in [0.5, 0.6) is 0 Å². The third-order valence-corrected chi connectivity index (χ3v) is 6.25. The molecule has 0 saturated carbocycles. The number of rotatable bonds is 5. The maximum absolute atomic E-state index is 13.7. The molecule has 0 aliphatic rings. The van der Waals surface area contributed by atoms with Crippen LogP contribution in [0.2, 0.25) is 0 Å². The molecule has 1 aromatic heterocycles. The lowest BCUT2D eigenvalue weighted by atomic mass is 10.1. The average Bonchev–Trinajstić information content (AvgIpc) is 2.95. The molecule has 1 unspecified atom stereocenters. The number of fused-ring (bicyclic) bond motifs is 1. The van der Waals surface area contributed by atoms with E-state index in [2.05, 4.69) is 4.98 Å². The van der Waals surface area contributed by atoms with Gasteiger partial charge in [-0.3, -0.25) is 0 Å². The van der Waals surface area contributed by atoms with Crippen molar-refractivity contribution in [1.29, 1.82) is 0 Å². The standard InChI is InChI=1S/C19H20F3N3O2S/c1-12-8-13(2)18(14(3)9-12)28(26,27)24-17(19(20,21)22)10-25-11-23-15-6-4-5-7-16(15)25/h4-9,11,17,24H,10H2,1-3H3. The first-order chi connectivity index (χ1) is 13.0. The maximum atomic E-state index is 13.7. The van der Waals surface area contributed by atoms with Crippen molar-refractivity contribution in [3.8, 4) is 0 Å². The number of hydrogen-bond acceptors (Lipinski definition) is 3. The smallest absolute Gasteiger partial charge is 0.329 e. The van der Waals surface area contributed by atoms with E-state index in [0.717, 1.165) is 5.56 Å². The Hall–Kier alpha value is -2.39. The quantitative estimate of drug-likeness (QED) is 0.693. The molecule has 0 aliphatic heterocycles. The zero-order chi connectivity index (χ0) is 20.7. The van der Waals surface area contributed by atoms with Gasteiger partial charge in [0.15, 0.2) is 0 Å². The van der Waals surface area contributed by atoms with Crippen LogP contribution in [0, 0.1) is 20.8 Å². The summed E-state index contributed by atoms with van der Waals surface area (Å²) in [5, 5.41) is 0. The van der Waals surface area contributed by atoms with Gasteiger partial charge in [-0.2, -0.15) is 17.9 Å². The first-order valence-corrected chi connectivity index (χ1v) is 10.0. The second kappa shape index (κ2) is 7.21. The molecule has 1 heterocycles. The lowest BCUT2D eigenvalue weighted by molar-refractivity contribution is -0.154. The molecule has 3 aromatic rings. The number of sulfonamides is 1. The molecule has 2 aromatic carbocycles. The molecule has 28 heavy (non-hydrogen) atoms. The van der Waals surface area contributed by atoms with E-state index in [9.17, 15) is 21.6 Å². The van der Waals surface area contributed by atoms with Crippen LogP contribution in [-0.4, -0.2) is 30.2 Å². The van der Waals surface area contributed by atoms with Gasteiger partial charge in [0.05, 0.1) is 22.3 Å². The molecule has 1 N–H and O–H groups in total. The van der Waals surface area contributed by atoms with E-state index in [-0.39, 0.29) is 4.90 Å². The predicted octanol–water partition coefficient (Wildman–Crippen LogP) is 3.87. The second-order valence-electron chi connectivity index (χ2n) is 6.83. The highest BCUT2D eigenvalue weighted by molar-refractivity contribution is 7.89.